The molecular formula is C14H23NO5S. The molecule has 0 aromatic heterocycles. The topological polar surface area (TPSA) is 84.9 Å². The van der Waals surface area contributed by atoms with Gasteiger partial charge in [0, 0.05) is 19.2 Å². The zero-order valence-electron chi connectivity index (χ0n) is 12.5. The van der Waals surface area contributed by atoms with Gasteiger partial charge in [0.05, 0.1) is 19.1 Å². The van der Waals surface area contributed by atoms with Crippen molar-refractivity contribution in [3.8, 4) is 11.5 Å². The Morgan fingerprint density at radius 2 is 1.71 bits per heavy atom. The summed E-state index contributed by atoms with van der Waals surface area (Å²) in [4.78, 5) is 0.149. The lowest BCUT2D eigenvalue weighted by Gasteiger charge is -2.11. The molecule has 6 nitrogen and oxygen atoms in total. The van der Waals surface area contributed by atoms with E-state index < -0.39 is 10.0 Å². The molecule has 0 aliphatic heterocycles. The summed E-state index contributed by atoms with van der Waals surface area (Å²) in [6.07, 6.45) is 3.28. The number of rotatable bonds is 10. The first-order chi connectivity index (χ1) is 10.0. The molecule has 0 radical (unpaired) electrons. The number of ether oxygens (including phenoxy) is 2. The number of aliphatic hydroxyl groups is 1. The Morgan fingerprint density at radius 3 is 2.33 bits per heavy atom. The molecule has 120 valence electrons. The van der Waals surface area contributed by atoms with Gasteiger partial charge in [-0.25, -0.2) is 13.1 Å². The lowest BCUT2D eigenvalue weighted by molar-refractivity contribution is 0.282. The van der Waals surface area contributed by atoms with E-state index in [1.165, 1.54) is 26.4 Å². The van der Waals surface area contributed by atoms with Crippen molar-refractivity contribution in [1.82, 2.24) is 4.72 Å². The molecule has 0 heterocycles. The first-order valence-electron chi connectivity index (χ1n) is 6.87. The summed E-state index contributed by atoms with van der Waals surface area (Å²) in [5.74, 6) is 0.865. The number of hydrogen-bond acceptors (Lipinski definition) is 5. The number of hydrogen-bond donors (Lipinski definition) is 2. The fraction of sp³-hybridized carbons (Fsp3) is 0.571. The van der Waals surface area contributed by atoms with E-state index >= 15 is 0 Å². The molecule has 1 aromatic rings. The normalized spacial score (nSPS) is 11.4. The van der Waals surface area contributed by atoms with Crippen molar-refractivity contribution < 1.29 is 23.0 Å². The third kappa shape index (κ3) is 5.53. The van der Waals surface area contributed by atoms with Crippen LogP contribution in [0.25, 0.3) is 0 Å². The maximum Gasteiger partial charge on any atom is 0.240 e. The molecule has 1 rings (SSSR count). The Labute approximate surface area is 126 Å². The van der Waals surface area contributed by atoms with E-state index in [0.717, 1.165) is 25.7 Å². The SMILES string of the molecule is COc1ccc(S(=O)(=O)NCCCCCCO)cc1OC. The maximum absolute atomic E-state index is 12.1. The Bertz CT molecular complexity index is 530. The molecule has 0 unspecified atom stereocenters. The zero-order chi connectivity index (χ0) is 15.7. The molecule has 0 bridgehead atoms. The van der Waals surface area contributed by atoms with Gasteiger partial charge in [-0.15, -0.1) is 0 Å². The minimum Gasteiger partial charge on any atom is -0.493 e. The summed E-state index contributed by atoms with van der Waals surface area (Å²) in [5.41, 5.74) is 0. The van der Waals surface area contributed by atoms with Gasteiger partial charge in [0.25, 0.3) is 0 Å². The molecule has 0 atom stereocenters. The zero-order valence-corrected chi connectivity index (χ0v) is 13.3. The molecule has 2 N–H and O–H groups in total. The monoisotopic (exact) mass is 317 g/mol. The Kier molecular flexibility index (Phi) is 7.49. The quantitative estimate of drug-likeness (QED) is 0.639. The molecule has 0 spiro atoms. The summed E-state index contributed by atoms with van der Waals surface area (Å²) in [5, 5.41) is 8.66. The molecule has 0 aliphatic rings. The van der Waals surface area contributed by atoms with Crippen LogP contribution < -0.4 is 14.2 Å². The number of methoxy groups -OCH3 is 2. The molecule has 0 aliphatic carbocycles. The van der Waals surface area contributed by atoms with Crippen molar-refractivity contribution in [1.29, 1.82) is 0 Å². The van der Waals surface area contributed by atoms with Crippen LogP contribution in [0.1, 0.15) is 25.7 Å². The van der Waals surface area contributed by atoms with Crippen molar-refractivity contribution in [2.24, 2.45) is 0 Å². The van der Waals surface area contributed by atoms with Crippen LogP contribution in [-0.2, 0) is 10.0 Å². The van der Waals surface area contributed by atoms with E-state index in [0.29, 0.717) is 18.0 Å². The van der Waals surface area contributed by atoms with Crippen LogP contribution in [0.4, 0.5) is 0 Å². The molecule has 7 heteroatoms. The van der Waals surface area contributed by atoms with E-state index in [9.17, 15) is 8.42 Å². The Hall–Kier alpha value is -1.31. The first-order valence-corrected chi connectivity index (χ1v) is 8.36. The minimum atomic E-state index is -3.55. The van der Waals surface area contributed by atoms with Gasteiger partial charge in [-0.3, -0.25) is 0 Å². The number of unbranched alkanes of at least 4 members (excludes halogenated alkanes) is 3. The van der Waals surface area contributed by atoms with Crippen molar-refractivity contribution >= 4 is 10.0 Å². The van der Waals surface area contributed by atoms with Crippen molar-refractivity contribution in [2.75, 3.05) is 27.4 Å². The second kappa shape index (κ2) is 8.86. The lowest BCUT2D eigenvalue weighted by Crippen LogP contribution is -2.24. The van der Waals surface area contributed by atoms with E-state index in [2.05, 4.69) is 4.72 Å². The summed E-state index contributed by atoms with van der Waals surface area (Å²) >= 11 is 0. The molecule has 21 heavy (non-hydrogen) atoms. The molecule has 0 fully saturated rings. The summed E-state index contributed by atoms with van der Waals surface area (Å²) < 4.78 is 37.0. The van der Waals surface area contributed by atoms with Gasteiger partial charge in [0.15, 0.2) is 11.5 Å². The van der Waals surface area contributed by atoms with Crippen molar-refractivity contribution in [2.45, 2.75) is 30.6 Å². The highest BCUT2D eigenvalue weighted by Crippen LogP contribution is 2.29. The van der Waals surface area contributed by atoms with E-state index in [1.807, 2.05) is 0 Å². The number of nitrogens with one attached hydrogen (secondary N) is 1. The largest absolute Gasteiger partial charge is 0.493 e. The third-order valence-corrected chi connectivity index (χ3v) is 4.50. The fourth-order valence-corrected chi connectivity index (χ4v) is 2.95. The van der Waals surface area contributed by atoms with Gasteiger partial charge in [0.1, 0.15) is 0 Å². The van der Waals surface area contributed by atoms with Gasteiger partial charge in [-0.05, 0) is 25.0 Å². The number of benzene rings is 1. The lowest BCUT2D eigenvalue weighted by atomic mass is 10.2. The third-order valence-electron chi connectivity index (χ3n) is 3.04. The van der Waals surface area contributed by atoms with Crippen LogP contribution in [0.2, 0.25) is 0 Å². The maximum atomic E-state index is 12.1. The summed E-state index contributed by atoms with van der Waals surface area (Å²) in [7, 11) is -0.588. The molecule has 1 aromatic carbocycles. The molecular weight excluding hydrogens is 294 g/mol. The predicted molar refractivity (Wildman–Crippen MR) is 80.3 cm³/mol. The van der Waals surface area contributed by atoms with Gasteiger partial charge < -0.3 is 14.6 Å². The van der Waals surface area contributed by atoms with E-state index in [4.69, 9.17) is 14.6 Å². The average molecular weight is 317 g/mol. The van der Waals surface area contributed by atoms with Gasteiger partial charge in [-0.2, -0.15) is 0 Å². The number of sulfonamides is 1. The average Bonchev–Trinajstić information content (AvgIpc) is 2.49. The fourth-order valence-electron chi connectivity index (χ4n) is 1.86. The highest BCUT2D eigenvalue weighted by Gasteiger charge is 2.16. The highest BCUT2D eigenvalue weighted by atomic mass is 32.2. The standard InChI is InChI=1S/C14H23NO5S/c1-19-13-8-7-12(11-14(13)20-2)21(17,18)15-9-5-3-4-6-10-16/h7-8,11,15-16H,3-6,9-10H2,1-2H3. The van der Waals surface area contributed by atoms with Gasteiger partial charge in [-0.1, -0.05) is 12.8 Å². The van der Waals surface area contributed by atoms with Crippen LogP contribution in [-0.4, -0.2) is 40.9 Å². The Balaban J connectivity index is 2.62. The second-order valence-corrected chi connectivity index (χ2v) is 6.32. The smallest absolute Gasteiger partial charge is 0.240 e. The van der Waals surface area contributed by atoms with Crippen molar-refractivity contribution in [3.05, 3.63) is 18.2 Å². The van der Waals surface area contributed by atoms with Crippen LogP contribution in [0, 0.1) is 0 Å². The Morgan fingerprint density at radius 1 is 1.05 bits per heavy atom. The number of aliphatic hydroxyl groups excluding tert-OH is 1. The minimum absolute atomic E-state index is 0.149. The van der Waals surface area contributed by atoms with Crippen LogP contribution >= 0.6 is 0 Å². The van der Waals surface area contributed by atoms with Gasteiger partial charge in [0.2, 0.25) is 10.0 Å². The first kappa shape index (κ1) is 17.7. The molecule has 0 saturated heterocycles. The van der Waals surface area contributed by atoms with Crippen LogP contribution in [0.3, 0.4) is 0 Å². The predicted octanol–water partition coefficient (Wildman–Crippen LogP) is 1.53. The van der Waals surface area contributed by atoms with Crippen molar-refractivity contribution in [3.63, 3.8) is 0 Å². The highest BCUT2D eigenvalue weighted by molar-refractivity contribution is 7.89. The second-order valence-electron chi connectivity index (χ2n) is 4.55. The molecule has 0 saturated carbocycles. The van der Waals surface area contributed by atoms with Gasteiger partial charge >= 0.3 is 0 Å². The van der Waals surface area contributed by atoms with Crippen LogP contribution in [0.5, 0.6) is 11.5 Å². The summed E-state index contributed by atoms with van der Waals surface area (Å²) in [6.45, 7) is 0.555. The molecule has 0 amide bonds. The summed E-state index contributed by atoms with van der Waals surface area (Å²) in [6, 6.07) is 4.48. The van der Waals surface area contributed by atoms with E-state index in [1.54, 1.807) is 6.07 Å². The van der Waals surface area contributed by atoms with E-state index in [-0.39, 0.29) is 11.5 Å². The van der Waals surface area contributed by atoms with Crippen LogP contribution in [0.15, 0.2) is 23.1 Å².